The molecule has 8 nitrogen and oxygen atoms in total. The van der Waals surface area contributed by atoms with Gasteiger partial charge in [0.1, 0.15) is 11.6 Å². The molecule has 0 aliphatic carbocycles. The molecule has 0 saturated heterocycles. The molecule has 0 unspecified atom stereocenters. The molecule has 0 atom stereocenters. The van der Waals surface area contributed by atoms with Crippen LogP contribution in [0.5, 0.6) is 0 Å². The number of amides is 1. The summed E-state index contributed by atoms with van der Waals surface area (Å²) in [6.45, 7) is 0. The predicted octanol–water partition coefficient (Wildman–Crippen LogP) is 10.5. The number of benzene rings is 6. The van der Waals surface area contributed by atoms with Gasteiger partial charge < -0.3 is 11.1 Å². The molecular weight excluding hydrogens is 756 g/mol. The van der Waals surface area contributed by atoms with E-state index >= 15 is 0 Å². The number of carbonyl (C=O) groups excluding carboxylic acids is 2. The number of carbonyl (C=O) groups is 2. The zero-order valence-corrected chi connectivity index (χ0v) is 30.5. The first kappa shape index (κ1) is 39.4. The van der Waals surface area contributed by atoms with E-state index in [4.69, 9.17) is 17.3 Å². The van der Waals surface area contributed by atoms with E-state index in [1.54, 1.807) is 15.4 Å². The SMILES string of the molecule is Nc1cc(-c2ccccc2)nn1-c1ccccc1.O=C(Cl)c1ccc(F)c(F)c1.O=C(Nc1cc(-c2ccccc2)nn1-c1ccccc1)c1ccc(F)c(F)c1. The molecule has 0 bridgehead atoms. The number of nitrogens with two attached hydrogens (primary N) is 1. The Labute approximate surface area is 329 Å². The molecule has 284 valence electrons. The van der Waals surface area contributed by atoms with Gasteiger partial charge in [0.05, 0.1) is 22.8 Å². The highest BCUT2D eigenvalue weighted by Crippen LogP contribution is 2.26. The van der Waals surface area contributed by atoms with Gasteiger partial charge in [0.25, 0.3) is 11.1 Å². The van der Waals surface area contributed by atoms with Crippen LogP contribution in [0.3, 0.4) is 0 Å². The van der Waals surface area contributed by atoms with E-state index in [1.165, 1.54) is 6.07 Å². The van der Waals surface area contributed by atoms with Crippen LogP contribution < -0.4 is 11.1 Å². The molecule has 0 aliphatic rings. The highest BCUT2D eigenvalue weighted by molar-refractivity contribution is 6.67. The van der Waals surface area contributed by atoms with Crippen molar-refractivity contribution in [2.24, 2.45) is 0 Å². The second-order valence-electron chi connectivity index (χ2n) is 12.1. The van der Waals surface area contributed by atoms with E-state index in [2.05, 4.69) is 15.5 Å². The third-order valence-corrected chi connectivity index (χ3v) is 8.38. The van der Waals surface area contributed by atoms with Crippen molar-refractivity contribution in [3.05, 3.63) is 204 Å². The van der Waals surface area contributed by atoms with Gasteiger partial charge in [-0.3, -0.25) is 9.59 Å². The lowest BCUT2D eigenvalue weighted by molar-refractivity contribution is 0.102. The third kappa shape index (κ3) is 10.1. The molecule has 0 saturated carbocycles. The number of rotatable bonds is 7. The minimum atomic E-state index is -1.07. The lowest BCUT2D eigenvalue weighted by atomic mass is 10.1. The maximum atomic E-state index is 13.5. The summed E-state index contributed by atoms with van der Waals surface area (Å²) in [5.74, 6) is -3.65. The fourth-order valence-electron chi connectivity index (χ4n) is 5.35. The van der Waals surface area contributed by atoms with Gasteiger partial charge in [-0.2, -0.15) is 10.2 Å². The zero-order chi connectivity index (χ0) is 40.3. The number of nitrogens with zero attached hydrogens (tertiary/aromatic N) is 4. The Kier molecular flexibility index (Phi) is 12.7. The van der Waals surface area contributed by atoms with Crippen molar-refractivity contribution in [1.29, 1.82) is 0 Å². The molecule has 0 aliphatic heterocycles. The summed E-state index contributed by atoms with van der Waals surface area (Å²) in [7, 11) is 0. The number of halogens is 5. The maximum absolute atomic E-state index is 13.5. The fourth-order valence-corrected chi connectivity index (χ4v) is 5.47. The molecular formula is C44H31ClF4N6O2. The maximum Gasteiger partial charge on any atom is 0.256 e. The standard InChI is InChI=1S/C22H15F2N3O.C15H13N3.C7H3ClF2O/c23-18-12-11-16(13-19(18)24)22(28)25-21-14-20(15-7-3-1-4-8-15)26-27(21)17-9-5-2-6-10-17;16-15-11-14(12-7-3-1-4-8-12)17-18(15)13-9-5-2-6-10-13;8-7(11)4-1-2-5(9)6(10)3-4/h1-14H,(H,25,28);1-11H,16H2;1-3H. The van der Waals surface area contributed by atoms with Gasteiger partial charge in [-0.1, -0.05) is 97.1 Å². The number of nitrogens with one attached hydrogen (secondary N) is 1. The molecule has 8 aromatic rings. The quantitative estimate of drug-likeness (QED) is 0.124. The first-order valence-corrected chi connectivity index (χ1v) is 17.5. The Morgan fingerprint density at radius 1 is 0.509 bits per heavy atom. The van der Waals surface area contributed by atoms with Gasteiger partial charge in [-0.15, -0.1) is 0 Å². The summed E-state index contributed by atoms with van der Waals surface area (Å²) in [4.78, 5) is 23.0. The van der Waals surface area contributed by atoms with Crippen molar-refractivity contribution < 1.29 is 27.2 Å². The van der Waals surface area contributed by atoms with Crippen molar-refractivity contribution in [3.8, 4) is 33.9 Å². The highest BCUT2D eigenvalue weighted by atomic mass is 35.5. The molecule has 0 spiro atoms. The summed E-state index contributed by atoms with van der Waals surface area (Å²) in [5, 5.41) is 11.1. The van der Waals surface area contributed by atoms with Crippen molar-refractivity contribution in [2.45, 2.75) is 0 Å². The molecule has 2 heterocycles. The number of nitrogen functional groups attached to an aromatic ring is 1. The number of anilines is 2. The van der Waals surface area contributed by atoms with Crippen LogP contribution in [-0.2, 0) is 0 Å². The summed E-state index contributed by atoms with van der Waals surface area (Å²) in [5.41, 5.74) is 11.2. The van der Waals surface area contributed by atoms with Gasteiger partial charge in [0.2, 0.25) is 0 Å². The number of aromatic nitrogens is 4. The minimum absolute atomic E-state index is 0.0148. The van der Waals surface area contributed by atoms with E-state index in [0.29, 0.717) is 17.3 Å². The predicted molar refractivity (Wildman–Crippen MR) is 213 cm³/mol. The van der Waals surface area contributed by atoms with Crippen LogP contribution in [0.1, 0.15) is 20.7 Å². The van der Waals surface area contributed by atoms with Crippen molar-refractivity contribution in [1.82, 2.24) is 19.6 Å². The van der Waals surface area contributed by atoms with Crippen molar-refractivity contribution in [2.75, 3.05) is 11.1 Å². The summed E-state index contributed by atoms with van der Waals surface area (Å²) >= 11 is 5.00. The average molecular weight is 787 g/mol. The van der Waals surface area contributed by atoms with E-state index in [9.17, 15) is 27.2 Å². The van der Waals surface area contributed by atoms with Gasteiger partial charge >= 0.3 is 0 Å². The third-order valence-electron chi connectivity index (χ3n) is 8.16. The summed E-state index contributed by atoms with van der Waals surface area (Å²) < 4.78 is 54.6. The van der Waals surface area contributed by atoms with E-state index in [0.717, 1.165) is 58.5 Å². The van der Waals surface area contributed by atoms with Crippen LogP contribution in [0.25, 0.3) is 33.9 Å². The van der Waals surface area contributed by atoms with Crippen LogP contribution in [0, 0.1) is 23.3 Å². The second-order valence-corrected chi connectivity index (χ2v) is 12.4. The number of para-hydroxylation sites is 2. The Morgan fingerprint density at radius 2 is 0.930 bits per heavy atom. The van der Waals surface area contributed by atoms with E-state index in [1.807, 2.05) is 127 Å². The van der Waals surface area contributed by atoms with E-state index in [-0.39, 0.29) is 11.1 Å². The molecule has 8 rings (SSSR count). The van der Waals surface area contributed by atoms with Gasteiger partial charge in [0.15, 0.2) is 23.3 Å². The Balaban J connectivity index is 0.000000161. The van der Waals surface area contributed by atoms with Gasteiger partial charge in [0, 0.05) is 34.4 Å². The fraction of sp³-hybridized carbons (Fsp3) is 0. The first-order valence-electron chi connectivity index (χ1n) is 17.2. The van der Waals surface area contributed by atoms with Gasteiger partial charge in [-0.05, 0) is 72.3 Å². The lowest BCUT2D eigenvalue weighted by Gasteiger charge is -2.09. The van der Waals surface area contributed by atoms with Gasteiger partial charge in [-0.25, -0.2) is 26.9 Å². The molecule has 1 amide bonds. The second kappa shape index (κ2) is 18.3. The van der Waals surface area contributed by atoms with Crippen LogP contribution in [0.15, 0.2) is 170 Å². The average Bonchev–Trinajstić information content (AvgIpc) is 3.85. The minimum Gasteiger partial charge on any atom is -0.384 e. The Hall–Kier alpha value is -7.31. The molecule has 2 aromatic heterocycles. The molecule has 0 fully saturated rings. The number of hydrogen-bond donors (Lipinski definition) is 2. The normalized spacial score (nSPS) is 10.4. The van der Waals surface area contributed by atoms with Crippen LogP contribution in [-0.4, -0.2) is 30.7 Å². The summed E-state index contributed by atoms with van der Waals surface area (Å²) in [6, 6.07) is 48.1. The molecule has 6 aromatic carbocycles. The molecule has 13 heteroatoms. The zero-order valence-electron chi connectivity index (χ0n) is 29.7. The molecule has 57 heavy (non-hydrogen) atoms. The van der Waals surface area contributed by atoms with Crippen LogP contribution in [0.2, 0.25) is 0 Å². The molecule has 3 N–H and O–H groups in total. The smallest absolute Gasteiger partial charge is 0.256 e. The Morgan fingerprint density at radius 3 is 1.42 bits per heavy atom. The first-order chi connectivity index (χ1) is 27.6. The molecule has 0 radical (unpaired) electrons. The monoisotopic (exact) mass is 786 g/mol. The highest BCUT2D eigenvalue weighted by Gasteiger charge is 2.16. The van der Waals surface area contributed by atoms with E-state index < -0.39 is 34.4 Å². The van der Waals surface area contributed by atoms with Crippen molar-refractivity contribution in [3.63, 3.8) is 0 Å². The topological polar surface area (TPSA) is 108 Å². The number of hydrogen-bond acceptors (Lipinski definition) is 5. The Bertz CT molecular complexity index is 2610. The largest absolute Gasteiger partial charge is 0.384 e. The summed E-state index contributed by atoms with van der Waals surface area (Å²) in [6.07, 6.45) is 0. The van der Waals surface area contributed by atoms with Crippen LogP contribution >= 0.6 is 11.6 Å². The van der Waals surface area contributed by atoms with Crippen LogP contribution in [0.4, 0.5) is 29.2 Å². The van der Waals surface area contributed by atoms with Crippen molar-refractivity contribution >= 4 is 34.4 Å². The lowest BCUT2D eigenvalue weighted by Crippen LogP contribution is -2.15.